The molecule has 0 fully saturated rings. The van der Waals surface area contributed by atoms with Crippen LogP contribution in [0.4, 0.5) is 0 Å². The Balaban J connectivity index is 1.81. The molecule has 2 aromatic heterocycles. The van der Waals surface area contributed by atoms with E-state index in [0.29, 0.717) is 5.69 Å². The second-order valence-electron chi connectivity index (χ2n) is 5.14. The van der Waals surface area contributed by atoms with Gasteiger partial charge in [0.15, 0.2) is 5.69 Å². The predicted octanol–water partition coefficient (Wildman–Crippen LogP) is 3.92. The van der Waals surface area contributed by atoms with Crippen molar-refractivity contribution in [3.8, 4) is 5.69 Å². The lowest BCUT2D eigenvalue weighted by Gasteiger charge is -2.22. The molecule has 1 aromatic carbocycles. The predicted molar refractivity (Wildman–Crippen MR) is 93.9 cm³/mol. The fraction of sp³-hybridized carbons (Fsp3) is 0.188. The van der Waals surface area contributed by atoms with E-state index in [0.717, 1.165) is 15.0 Å². The molecule has 0 bridgehead atoms. The van der Waals surface area contributed by atoms with Crippen molar-refractivity contribution in [1.82, 2.24) is 19.9 Å². The van der Waals surface area contributed by atoms with Crippen molar-refractivity contribution in [2.24, 2.45) is 0 Å². The molecule has 5 nitrogen and oxygen atoms in total. The standard InChI is InChI=1S/C16H15BrN4OS/c1-11(15-7-4-8-23-15)20(2)16(22)14-10-21(19-18-14)13-6-3-5-12(17)9-13/h3-11H,1-2H3. The van der Waals surface area contributed by atoms with Gasteiger partial charge in [-0.15, -0.1) is 16.4 Å². The molecule has 0 aliphatic rings. The number of hydrogen-bond donors (Lipinski definition) is 0. The largest absolute Gasteiger partial charge is 0.333 e. The number of carbonyl (C=O) groups excluding carboxylic acids is 1. The van der Waals surface area contributed by atoms with E-state index in [1.165, 1.54) is 0 Å². The Labute approximate surface area is 146 Å². The zero-order valence-electron chi connectivity index (χ0n) is 12.7. The van der Waals surface area contributed by atoms with Crippen LogP contribution in [0.15, 0.2) is 52.4 Å². The third-order valence-corrected chi connectivity index (χ3v) is 5.18. The molecule has 0 spiro atoms. The summed E-state index contributed by atoms with van der Waals surface area (Å²) in [5.41, 5.74) is 1.18. The Morgan fingerprint density at radius 1 is 1.35 bits per heavy atom. The first-order valence-corrected chi connectivity index (χ1v) is 8.72. The lowest BCUT2D eigenvalue weighted by Crippen LogP contribution is -2.29. The molecule has 1 atom stereocenters. The van der Waals surface area contributed by atoms with Gasteiger partial charge in [0.25, 0.3) is 5.91 Å². The molecule has 2 heterocycles. The van der Waals surface area contributed by atoms with E-state index in [1.807, 2.05) is 48.7 Å². The topological polar surface area (TPSA) is 51.0 Å². The average Bonchev–Trinajstić information content (AvgIpc) is 3.24. The molecular weight excluding hydrogens is 376 g/mol. The van der Waals surface area contributed by atoms with E-state index in [-0.39, 0.29) is 11.9 Å². The molecule has 0 aliphatic heterocycles. The molecule has 0 saturated heterocycles. The number of aromatic nitrogens is 3. The van der Waals surface area contributed by atoms with Crippen LogP contribution in [0.3, 0.4) is 0 Å². The first-order valence-electron chi connectivity index (χ1n) is 7.05. The normalized spacial score (nSPS) is 12.1. The van der Waals surface area contributed by atoms with Crippen molar-refractivity contribution in [3.63, 3.8) is 0 Å². The van der Waals surface area contributed by atoms with Crippen LogP contribution in [0.1, 0.15) is 28.3 Å². The van der Waals surface area contributed by atoms with E-state index in [2.05, 4.69) is 26.2 Å². The molecule has 7 heteroatoms. The lowest BCUT2D eigenvalue weighted by molar-refractivity contribution is 0.0739. The number of hydrogen-bond acceptors (Lipinski definition) is 4. The maximum absolute atomic E-state index is 12.6. The van der Waals surface area contributed by atoms with Crippen molar-refractivity contribution in [2.45, 2.75) is 13.0 Å². The molecule has 0 saturated carbocycles. The van der Waals surface area contributed by atoms with Crippen LogP contribution in [-0.2, 0) is 0 Å². The zero-order chi connectivity index (χ0) is 16.4. The quantitative estimate of drug-likeness (QED) is 0.677. The van der Waals surface area contributed by atoms with Gasteiger partial charge in [0, 0.05) is 16.4 Å². The van der Waals surface area contributed by atoms with E-state index in [1.54, 1.807) is 34.2 Å². The molecule has 0 N–H and O–H groups in total. The maximum atomic E-state index is 12.6. The number of halogens is 1. The fourth-order valence-corrected chi connectivity index (χ4v) is 3.40. The van der Waals surface area contributed by atoms with Crippen molar-refractivity contribution >= 4 is 33.2 Å². The second-order valence-corrected chi connectivity index (χ2v) is 7.03. The molecule has 0 aliphatic carbocycles. The summed E-state index contributed by atoms with van der Waals surface area (Å²) in [6.45, 7) is 2.00. The smallest absolute Gasteiger partial charge is 0.276 e. The van der Waals surface area contributed by atoms with Gasteiger partial charge in [-0.05, 0) is 36.6 Å². The minimum absolute atomic E-state index is 0.00137. The highest BCUT2D eigenvalue weighted by Gasteiger charge is 2.22. The van der Waals surface area contributed by atoms with Crippen LogP contribution in [0, 0.1) is 0 Å². The number of carbonyl (C=O) groups is 1. The van der Waals surface area contributed by atoms with E-state index in [4.69, 9.17) is 0 Å². The van der Waals surface area contributed by atoms with E-state index < -0.39 is 0 Å². The second kappa shape index (κ2) is 6.64. The van der Waals surface area contributed by atoms with Crippen molar-refractivity contribution < 1.29 is 4.79 Å². The molecule has 118 valence electrons. The van der Waals surface area contributed by atoms with Gasteiger partial charge < -0.3 is 4.90 Å². The summed E-state index contributed by atoms with van der Waals surface area (Å²) in [5, 5.41) is 10.1. The first-order chi connectivity index (χ1) is 11.1. The molecule has 1 amide bonds. The van der Waals surface area contributed by atoms with Crippen LogP contribution < -0.4 is 0 Å². The van der Waals surface area contributed by atoms with Gasteiger partial charge in [0.05, 0.1) is 17.9 Å². The summed E-state index contributed by atoms with van der Waals surface area (Å²) >= 11 is 5.06. The summed E-state index contributed by atoms with van der Waals surface area (Å²) < 4.78 is 2.54. The third kappa shape index (κ3) is 3.35. The van der Waals surface area contributed by atoms with Crippen LogP contribution in [0.25, 0.3) is 5.69 Å². The monoisotopic (exact) mass is 390 g/mol. The Morgan fingerprint density at radius 2 is 2.17 bits per heavy atom. The Bertz CT molecular complexity index is 815. The van der Waals surface area contributed by atoms with Gasteiger partial charge in [-0.1, -0.05) is 33.3 Å². The fourth-order valence-electron chi connectivity index (χ4n) is 2.18. The average molecular weight is 391 g/mol. The number of rotatable bonds is 4. The van der Waals surface area contributed by atoms with Gasteiger partial charge >= 0.3 is 0 Å². The minimum atomic E-state index is -0.146. The van der Waals surface area contributed by atoms with Crippen molar-refractivity contribution in [2.75, 3.05) is 7.05 Å². The molecule has 0 radical (unpaired) electrons. The first kappa shape index (κ1) is 15.9. The maximum Gasteiger partial charge on any atom is 0.276 e. The van der Waals surface area contributed by atoms with Gasteiger partial charge in [-0.2, -0.15) is 0 Å². The summed E-state index contributed by atoms with van der Waals surface area (Å²) in [7, 11) is 1.78. The molecule has 1 unspecified atom stereocenters. The number of amides is 1. The summed E-state index contributed by atoms with van der Waals surface area (Å²) in [4.78, 5) is 15.4. The van der Waals surface area contributed by atoms with E-state index >= 15 is 0 Å². The van der Waals surface area contributed by atoms with Crippen LogP contribution >= 0.6 is 27.3 Å². The molecule has 3 rings (SSSR count). The van der Waals surface area contributed by atoms with Gasteiger partial charge in [-0.25, -0.2) is 4.68 Å². The van der Waals surface area contributed by atoms with Gasteiger partial charge in [-0.3, -0.25) is 4.79 Å². The Kier molecular flexibility index (Phi) is 4.58. The lowest BCUT2D eigenvalue weighted by atomic mass is 10.2. The zero-order valence-corrected chi connectivity index (χ0v) is 15.1. The highest BCUT2D eigenvalue weighted by molar-refractivity contribution is 9.10. The van der Waals surface area contributed by atoms with E-state index in [9.17, 15) is 4.79 Å². The Morgan fingerprint density at radius 3 is 2.87 bits per heavy atom. The molecule has 23 heavy (non-hydrogen) atoms. The number of benzene rings is 1. The summed E-state index contributed by atoms with van der Waals surface area (Å²) in [5.74, 6) is -0.146. The van der Waals surface area contributed by atoms with Gasteiger partial charge in [0.2, 0.25) is 0 Å². The highest BCUT2D eigenvalue weighted by atomic mass is 79.9. The highest BCUT2D eigenvalue weighted by Crippen LogP contribution is 2.24. The summed E-state index contributed by atoms with van der Waals surface area (Å²) in [6.07, 6.45) is 1.65. The van der Waals surface area contributed by atoms with Crippen LogP contribution in [0.5, 0.6) is 0 Å². The number of thiophene rings is 1. The number of nitrogens with zero attached hydrogens (tertiary/aromatic N) is 4. The van der Waals surface area contributed by atoms with Crippen molar-refractivity contribution in [3.05, 3.63) is 63.0 Å². The molecular formula is C16H15BrN4OS. The van der Waals surface area contributed by atoms with Crippen LogP contribution in [-0.4, -0.2) is 32.8 Å². The Hall–Kier alpha value is -1.99. The SMILES string of the molecule is CC(c1cccs1)N(C)C(=O)c1cn(-c2cccc(Br)c2)nn1. The minimum Gasteiger partial charge on any atom is -0.333 e. The van der Waals surface area contributed by atoms with Gasteiger partial charge in [0.1, 0.15) is 0 Å². The summed E-state index contributed by atoms with van der Waals surface area (Å²) in [6, 6.07) is 11.7. The molecule has 3 aromatic rings. The third-order valence-electron chi connectivity index (χ3n) is 3.64. The van der Waals surface area contributed by atoms with Crippen LogP contribution in [0.2, 0.25) is 0 Å². The van der Waals surface area contributed by atoms with Crippen molar-refractivity contribution in [1.29, 1.82) is 0 Å².